The summed E-state index contributed by atoms with van der Waals surface area (Å²) in [6.07, 6.45) is 8.45. The summed E-state index contributed by atoms with van der Waals surface area (Å²) in [5.41, 5.74) is 7.08. The van der Waals surface area contributed by atoms with Crippen molar-refractivity contribution in [2.45, 2.75) is 65.6 Å². The van der Waals surface area contributed by atoms with Gasteiger partial charge in [0.1, 0.15) is 12.1 Å². The number of carbonyl (C=O) groups is 1. The Kier molecular flexibility index (Phi) is 9.66. The van der Waals surface area contributed by atoms with Gasteiger partial charge in [-0.25, -0.2) is 4.68 Å². The number of aromatic nitrogens is 5. The lowest BCUT2D eigenvalue weighted by molar-refractivity contribution is 0.0944. The molecule has 43 heavy (non-hydrogen) atoms. The van der Waals surface area contributed by atoms with Gasteiger partial charge in [-0.1, -0.05) is 0 Å². The number of hydrogen-bond acceptors (Lipinski definition) is 8. The summed E-state index contributed by atoms with van der Waals surface area (Å²) >= 11 is 0. The van der Waals surface area contributed by atoms with Gasteiger partial charge >= 0.3 is 0 Å². The van der Waals surface area contributed by atoms with Crippen molar-refractivity contribution in [3.05, 3.63) is 89.0 Å². The topological polar surface area (TPSA) is 101 Å². The Balaban J connectivity index is 1.16. The third-order valence-corrected chi connectivity index (χ3v) is 8.66. The maximum absolute atomic E-state index is 13.1. The van der Waals surface area contributed by atoms with E-state index in [1.807, 2.05) is 50.5 Å². The van der Waals surface area contributed by atoms with E-state index in [-0.39, 0.29) is 5.91 Å². The van der Waals surface area contributed by atoms with Gasteiger partial charge < -0.3 is 19.9 Å². The molecule has 1 unspecified atom stereocenters. The maximum Gasteiger partial charge on any atom is 0.251 e. The number of nitrogens with one attached hydrogen (secondary N) is 1. The molecule has 0 radical (unpaired) electrons. The number of nitrogens with zero attached hydrogens (tertiary/aromatic N) is 7. The fourth-order valence-electron chi connectivity index (χ4n) is 6.07. The number of tetrazole rings is 1. The number of hydrogen-bond donors (Lipinski definition) is 1. The van der Waals surface area contributed by atoms with Crippen LogP contribution >= 0.6 is 0 Å². The van der Waals surface area contributed by atoms with E-state index in [2.05, 4.69) is 67.7 Å². The first-order chi connectivity index (χ1) is 20.8. The predicted molar refractivity (Wildman–Crippen MR) is 168 cm³/mol. The zero-order valence-electron chi connectivity index (χ0n) is 25.8. The fraction of sp³-hybridized carbons (Fsp3) is 0.424. The molecule has 1 N–H and O–H groups in total. The van der Waals surface area contributed by atoms with Gasteiger partial charge in [0.15, 0.2) is 0 Å². The van der Waals surface area contributed by atoms with Crippen LogP contribution in [0.25, 0.3) is 5.69 Å². The monoisotopic (exact) mass is 582 g/mol. The number of carbonyl (C=O) groups excluding carboxylic acids is 1. The summed E-state index contributed by atoms with van der Waals surface area (Å²) in [5, 5.41) is 14.5. The molecule has 1 saturated heterocycles. The summed E-state index contributed by atoms with van der Waals surface area (Å²) < 4.78 is 7.01. The number of pyridine rings is 1. The van der Waals surface area contributed by atoms with Gasteiger partial charge in [0.05, 0.1) is 12.8 Å². The van der Waals surface area contributed by atoms with E-state index in [0.29, 0.717) is 24.2 Å². The number of amides is 1. The Morgan fingerprint density at radius 2 is 1.79 bits per heavy atom. The van der Waals surface area contributed by atoms with E-state index >= 15 is 0 Å². The second-order valence-corrected chi connectivity index (χ2v) is 11.5. The maximum atomic E-state index is 13.1. The molecule has 1 aliphatic rings. The highest BCUT2D eigenvalue weighted by molar-refractivity contribution is 5.97. The lowest BCUT2D eigenvalue weighted by Gasteiger charge is -2.42. The predicted octanol–water partition coefficient (Wildman–Crippen LogP) is 4.67. The highest BCUT2D eigenvalue weighted by Crippen LogP contribution is 2.29. The fourth-order valence-corrected chi connectivity index (χ4v) is 6.07. The standard InChI is InChI=1S/C33H42N8O2/c1-23-10-14-34-20-27(23)21-40(28-6-8-31(43-5)9-7-28)29-12-16-39(17-13-29)26(4)11-15-35-33(42)32-24(2)18-30(19-25(32)3)41-22-36-37-38-41/h6-10,14,18-20,22,26,29H,11-13,15-17,21H2,1-5H3,(H,35,42). The molecule has 10 nitrogen and oxygen atoms in total. The van der Waals surface area contributed by atoms with Gasteiger partial charge in [0.25, 0.3) is 5.91 Å². The Morgan fingerprint density at radius 1 is 1.07 bits per heavy atom. The molecule has 1 amide bonds. The number of methoxy groups -OCH3 is 1. The van der Waals surface area contributed by atoms with Crippen LogP contribution in [0, 0.1) is 20.8 Å². The lowest BCUT2D eigenvalue weighted by atomic mass is 9.98. The zero-order chi connectivity index (χ0) is 30.3. The van der Waals surface area contributed by atoms with Crippen molar-refractivity contribution in [3.63, 3.8) is 0 Å². The van der Waals surface area contributed by atoms with Crippen molar-refractivity contribution in [1.82, 2.24) is 35.4 Å². The van der Waals surface area contributed by atoms with Crippen molar-refractivity contribution in [1.29, 1.82) is 0 Å². The normalized spacial score (nSPS) is 14.8. The average Bonchev–Trinajstić information content (AvgIpc) is 3.56. The Morgan fingerprint density at radius 3 is 2.42 bits per heavy atom. The van der Waals surface area contributed by atoms with Crippen LogP contribution in [0.3, 0.4) is 0 Å². The SMILES string of the molecule is COc1ccc(N(Cc2cnccc2C)C2CCN(C(C)CCNC(=O)c3c(C)cc(-n4cnnn4)cc3C)CC2)cc1. The molecule has 4 aromatic rings. The minimum atomic E-state index is -0.0370. The highest BCUT2D eigenvalue weighted by Gasteiger charge is 2.28. The molecule has 5 rings (SSSR count). The van der Waals surface area contributed by atoms with Crippen LogP contribution in [0.15, 0.2) is 61.2 Å². The molecule has 3 heterocycles. The molecule has 2 aromatic heterocycles. The van der Waals surface area contributed by atoms with Gasteiger partial charge in [-0.2, -0.15) is 0 Å². The van der Waals surface area contributed by atoms with Gasteiger partial charge in [-0.05, 0) is 122 Å². The molecule has 0 bridgehead atoms. The number of ether oxygens (including phenoxy) is 1. The zero-order valence-corrected chi connectivity index (χ0v) is 25.8. The third-order valence-electron chi connectivity index (χ3n) is 8.66. The smallest absolute Gasteiger partial charge is 0.251 e. The van der Waals surface area contributed by atoms with Crippen molar-refractivity contribution in [3.8, 4) is 11.4 Å². The molecule has 0 saturated carbocycles. The molecular formula is C33H42N8O2. The second-order valence-electron chi connectivity index (χ2n) is 11.5. The molecular weight excluding hydrogens is 540 g/mol. The van der Waals surface area contributed by atoms with Crippen molar-refractivity contribution >= 4 is 11.6 Å². The summed E-state index contributed by atoms with van der Waals surface area (Å²) in [5.74, 6) is 0.827. The van der Waals surface area contributed by atoms with E-state index < -0.39 is 0 Å². The van der Waals surface area contributed by atoms with E-state index in [9.17, 15) is 4.79 Å². The summed E-state index contributed by atoms with van der Waals surface area (Å²) in [7, 11) is 1.70. The number of likely N-dealkylation sites (tertiary alicyclic amines) is 1. The van der Waals surface area contributed by atoms with Crippen LogP contribution in [0.1, 0.15) is 58.8 Å². The van der Waals surface area contributed by atoms with Crippen LogP contribution in [-0.2, 0) is 6.54 Å². The first-order valence-electron chi connectivity index (χ1n) is 15.0. The van der Waals surface area contributed by atoms with Crippen molar-refractivity contribution in [2.24, 2.45) is 0 Å². The van der Waals surface area contributed by atoms with E-state index in [4.69, 9.17) is 4.74 Å². The van der Waals surface area contributed by atoms with Crippen LogP contribution < -0.4 is 15.0 Å². The largest absolute Gasteiger partial charge is 0.497 e. The van der Waals surface area contributed by atoms with E-state index in [0.717, 1.165) is 61.5 Å². The van der Waals surface area contributed by atoms with E-state index in [1.165, 1.54) is 16.8 Å². The number of benzene rings is 2. The van der Waals surface area contributed by atoms with Gasteiger partial charge in [0.2, 0.25) is 0 Å². The van der Waals surface area contributed by atoms with Crippen molar-refractivity contribution in [2.75, 3.05) is 31.6 Å². The number of aryl methyl sites for hydroxylation is 3. The molecule has 0 spiro atoms. The first-order valence-corrected chi connectivity index (χ1v) is 15.0. The number of anilines is 1. The molecule has 1 aliphatic heterocycles. The highest BCUT2D eigenvalue weighted by atomic mass is 16.5. The van der Waals surface area contributed by atoms with Gasteiger partial charge in [-0.3, -0.25) is 9.78 Å². The minimum Gasteiger partial charge on any atom is -0.497 e. The molecule has 1 atom stereocenters. The van der Waals surface area contributed by atoms with E-state index in [1.54, 1.807) is 18.1 Å². The first kappa shape index (κ1) is 30.2. The Hall–Kier alpha value is -4.31. The lowest BCUT2D eigenvalue weighted by Crippen LogP contribution is -2.48. The molecule has 0 aliphatic carbocycles. The van der Waals surface area contributed by atoms with Crippen LogP contribution in [0.4, 0.5) is 5.69 Å². The van der Waals surface area contributed by atoms with Crippen molar-refractivity contribution < 1.29 is 9.53 Å². The average molecular weight is 583 g/mol. The van der Waals surface area contributed by atoms with Crippen LogP contribution in [0.2, 0.25) is 0 Å². The second kappa shape index (κ2) is 13.8. The third kappa shape index (κ3) is 7.19. The summed E-state index contributed by atoms with van der Waals surface area (Å²) in [6, 6.07) is 15.2. The molecule has 10 heteroatoms. The molecule has 1 fully saturated rings. The molecule has 2 aromatic carbocycles. The quantitative estimate of drug-likeness (QED) is 0.272. The van der Waals surface area contributed by atoms with Gasteiger partial charge in [0, 0.05) is 61.9 Å². The Labute approximate surface area is 254 Å². The molecule has 226 valence electrons. The van der Waals surface area contributed by atoms with Gasteiger partial charge in [-0.15, -0.1) is 5.10 Å². The van der Waals surface area contributed by atoms with Crippen LogP contribution in [0.5, 0.6) is 5.75 Å². The number of rotatable bonds is 11. The Bertz CT molecular complexity index is 1470. The minimum absolute atomic E-state index is 0.0370. The number of piperidine rings is 1. The summed E-state index contributed by atoms with van der Waals surface area (Å²) in [4.78, 5) is 22.6. The summed E-state index contributed by atoms with van der Waals surface area (Å²) in [6.45, 7) is 11.8. The van der Waals surface area contributed by atoms with Crippen LogP contribution in [-0.4, -0.2) is 74.8 Å².